The van der Waals surface area contributed by atoms with Crippen LogP contribution >= 0.6 is 0 Å². The number of Topliss-reactive ketones (excluding diaryl/α,β-unsaturated/α-hetero) is 1. The minimum Gasteiger partial charge on any atom is -0.295 e. The van der Waals surface area contributed by atoms with Gasteiger partial charge in [0.1, 0.15) is 5.84 Å². The van der Waals surface area contributed by atoms with E-state index in [0.29, 0.717) is 12.3 Å². The van der Waals surface area contributed by atoms with Crippen LogP contribution in [-0.2, 0) is 14.8 Å². The summed E-state index contributed by atoms with van der Waals surface area (Å²) in [7, 11) is -3.64. The van der Waals surface area contributed by atoms with Gasteiger partial charge in [-0.3, -0.25) is 14.1 Å². The second-order valence-electron chi connectivity index (χ2n) is 7.29. The lowest BCUT2D eigenvalue weighted by molar-refractivity contribution is -0.117. The maximum Gasteiger partial charge on any atom is 0.265 e. The van der Waals surface area contributed by atoms with Gasteiger partial charge in [0.05, 0.1) is 17.0 Å². The molecule has 1 aliphatic carbocycles. The molecule has 0 amide bonds. The zero-order chi connectivity index (χ0) is 18.4. The molecule has 0 N–H and O–H groups in total. The Kier molecular flexibility index (Phi) is 4.35. The molecule has 2 atom stereocenters. The van der Waals surface area contributed by atoms with E-state index in [2.05, 4.69) is 4.99 Å². The molecule has 0 saturated heterocycles. The molecule has 0 radical (unpaired) electrons. The van der Waals surface area contributed by atoms with E-state index in [1.807, 2.05) is 26.8 Å². The minimum atomic E-state index is -3.64. The summed E-state index contributed by atoms with van der Waals surface area (Å²) < 4.78 is 27.4. The van der Waals surface area contributed by atoms with E-state index in [1.165, 1.54) is 4.31 Å². The third-order valence-corrected chi connectivity index (χ3v) is 7.15. The first-order chi connectivity index (χ1) is 11.6. The number of hydrogen-bond donors (Lipinski definition) is 0. The van der Waals surface area contributed by atoms with Crippen molar-refractivity contribution in [3.63, 3.8) is 0 Å². The molecule has 6 heteroatoms. The molecule has 0 bridgehead atoms. The second kappa shape index (κ2) is 6.09. The van der Waals surface area contributed by atoms with Crippen LogP contribution in [0.1, 0.15) is 39.2 Å². The van der Waals surface area contributed by atoms with Crippen molar-refractivity contribution in [3.05, 3.63) is 41.5 Å². The summed E-state index contributed by atoms with van der Waals surface area (Å²) in [5.41, 5.74) is 1.23. The van der Waals surface area contributed by atoms with Crippen LogP contribution in [0.25, 0.3) is 0 Å². The molecule has 0 saturated carbocycles. The summed E-state index contributed by atoms with van der Waals surface area (Å²) in [5.74, 6) is 0.642. The van der Waals surface area contributed by atoms with Gasteiger partial charge in [0.25, 0.3) is 10.0 Å². The molecular formula is C19H24N2O3S. The summed E-state index contributed by atoms with van der Waals surface area (Å²) in [6.45, 7) is 7.71. The molecule has 1 aromatic rings. The highest BCUT2D eigenvalue weighted by molar-refractivity contribution is 7.89. The fourth-order valence-corrected chi connectivity index (χ4v) is 5.11. The van der Waals surface area contributed by atoms with Gasteiger partial charge in [0.2, 0.25) is 0 Å². The largest absolute Gasteiger partial charge is 0.295 e. The predicted molar refractivity (Wildman–Crippen MR) is 98.1 cm³/mol. The lowest BCUT2D eigenvalue weighted by atomic mass is 9.76. The van der Waals surface area contributed by atoms with Crippen LogP contribution < -0.4 is 0 Å². The van der Waals surface area contributed by atoms with Crippen molar-refractivity contribution < 1.29 is 13.2 Å². The van der Waals surface area contributed by atoms with Crippen LogP contribution in [0.2, 0.25) is 0 Å². The third-order valence-electron chi connectivity index (χ3n) is 5.31. The molecule has 5 nitrogen and oxygen atoms in total. The lowest BCUT2D eigenvalue weighted by Gasteiger charge is -2.33. The number of ketones is 1. The molecule has 0 spiro atoms. The summed E-state index contributed by atoms with van der Waals surface area (Å²) in [4.78, 5) is 17.0. The van der Waals surface area contributed by atoms with Crippen molar-refractivity contribution in [3.8, 4) is 0 Å². The van der Waals surface area contributed by atoms with E-state index in [4.69, 9.17) is 0 Å². The fraction of sp³-hybridized carbons (Fsp3) is 0.474. The maximum atomic E-state index is 13.0. The third kappa shape index (κ3) is 3.15. The van der Waals surface area contributed by atoms with Crippen molar-refractivity contribution in [2.45, 2.75) is 51.0 Å². The van der Waals surface area contributed by atoms with E-state index in [0.717, 1.165) is 17.6 Å². The van der Waals surface area contributed by atoms with Gasteiger partial charge in [-0.1, -0.05) is 23.8 Å². The smallest absolute Gasteiger partial charge is 0.265 e. The van der Waals surface area contributed by atoms with Crippen LogP contribution in [0, 0.1) is 12.8 Å². The van der Waals surface area contributed by atoms with Gasteiger partial charge in [-0.2, -0.15) is 0 Å². The van der Waals surface area contributed by atoms with Gasteiger partial charge < -0.3 is 0 Å². The van der Waals surface area contributed by atoms with Crippen molar-refractivity contribution in [2.75, 3.05) is 6.54 Å². The van der Waals surface area contributed by atoms with Gasteiger partial charge in [-0.05, 0) is 57.7 Å². The van der Waals surface area contributed by atoms with E-state index < -0.39 is 15.6 Å². The van der Waals surface area contributed by atoms with E-state index in [1.54, 1.807) is 31.2 Å². The number of carbonyl (C=O) groups excluding carboxylic acids is 1. The number of benzene rings is 1. The Labute approximate surface area is 149 Å². The summed E-state index contributed by atoms with van der Waals surface area (Å²) >= 11 is 0. The highest BCUT2D eigenvalue weighted by Crippen LogP contribution is 2.38. The first kappa shape index (κ1) is 17.9. The van der Waals surface area contributed by atoms with Gasteiger partial charge >= 0.3 is 0 Å². The summed E-state index contributed by atoms with van der Waals surface area (Å²) in [6, 6.07) is 6.84. The first-order valence-corrected chi connectivity index (χ1v) is 9.93. The maximum absolute atomic E-state index is 13.0. The molecule has 0 fully saturated rings. The van der Waals surface area contributed by atoms with Crippen LogP contribution in [0.4, 0.5) is 0 Å². The Bertz CT molecular complexity index is 868. The minimum absolute atomic E-state index is 0.0249. The van der Waals surface area contributed by atoms with Crippen molar-refractivity contribution in [1.82, 2.24) is 4.31 Å². The molecule has 134 valence electrons. The molecule has 2 aliphatic rings. The van der Waals surface area contributed by atoms with Gasteiger partial charge in [-0.25, -0.2) is 8.42 Å². The highest BCUT2D eigenvalue weighted by atomic mass is 32.2. The van der Waals surface area contributed by atoms with Gasteiger partial charge in [0, 0.05) is 6.42 Å². The molecule has 0 aromatic heterocycles. The normalized spacial score (nSPS) is 27.3. The van der Waals surface area contributed by atoms with Crippen molar-refractivity contribution in [2.24, 2.45) is 10.9 Å². The SMILES string of the molecule is CC1=CC[C@@H](C2(C)CN(S(=O)(=O)c3ccc(C)cc3)C(C)=N2)CC1=O. The number of amidine groups is 1. The fourth-order valence-electron chi connectivity index (χ4n) is 3.56. The quantitative estimate of drug-likeness (QED) is 0.832. The standard InChI is InChI=1S/C19H24N2O3S/c1-13-5-9-17(10-6-13)25(23,24)21-12-19(4,20-15(21)3)16-8-7-14(2)18(22)11-16/h5-7,9-10,16H,8,11-12H2,1-4H3/t16-,19?/m1/s1. The average molecular weight is 360 g/mol. The number of hydrogen-bond acceptors (Lipinski definition) is 4. The number of rotatable bonds is 3. The van der Waals surface area contributed by atoms with E-state index in [9.17, 15) is 13.2 Å². The second-order valence-corrected chi connectivity index (χ2v) is 9.15. The first-order valence-electron chi connectivity index (χ1n) is 8.49. The van der Waals surface area contributed by atoms with Crippen LogP contribution in [-0.4, -0.2) is 36.4 Å². The molecule has 25 heavy (non-hydrogen) atoms. The number of nitrogens with zero attached hydrogens (tertiary/aromatic N) is 2. The number of carbonyl (C=O) groups is 1. The van der Waals surface area contributed by atoms with E-state index in [-0.39, 0.29) is 23.1 Å². The number of aliphatic imine (C=N–C) groups is 1. The van der Waals surface area contributed by atoms with Crippen molar-refractivity contribution in [1.29, 1.82) is 0 Å². The van der Waals surface area contributed by atoms with Crippen LogP contribution in [0.15, 0.2) is 45.8 Å². The zero-order valence-corrected chi connectivity index (χ0v) is 15.9. The molecular weight excluding hydrogens is 336 g/mol. The Morgan fingerprint density at radius 3 is 2.40 bits per heavy atom. The zero-order valence-electron chi connectivity index (χ0n) is 15.1. The summed E-state index contributed by atoms with van der Waals surface area (Å²) in [6.07, 6.45) is 3.13. The number of sulfonamides is 1. The number of aryl methyl sites for hydroxylation is 1. The topological polar surface area (TPSA) is 66.8 Å². The van der Waals surface area contributed by atoms with Crippen LogP contribution in [0.5, 0.6) is 0 Å². The molecule has 3 rings (SSSR count). The lowest BCUT2D eigenvalue weighted by Crippen LogP contribution is -2.43. The monoisotopic (exact) mass is 360 g/mol. The summed E-state index contributed by atoms with van der Waals surface area (Å²) in [5, 5.41) is 0. The molecule has 1 unspecified atom stereocenters. The van der Waals surface area contributed by atoms with Gasteiger partial charge in [0.15, 0.2) is 5.78 Å². The van der Waals surface area contributed by atoms with E-state index >= 15 is 0 Å². The Morgan fingerprint density at radius 2 is 1.80 bits per heavy atom. The Balaban J connectivity index is 1.88. The number of allylic oxidation sites excluding steroid dienone is 2. The highest BCUT2D eigenvalue weighted by Gasteiger charge is 2.45. The average Bonchev–Trinajstić information content (AvgIpc) is 2.87. The Morgan fingerprint density at radius 1 is 1.16 bits per heavy atom. The van der Waals surface area contributed by atoms with Gasteiger partial charge in [-0.15, -0.1) is 0 Å². The predicted octanol–water partition coefficient (Wildman–Crippen LogP) is 3.10. The van der Waals surface area contributed by atoms with Crippen molar-refractivity contribution >= 4 is 21.6 Å². The molecule has 1 aliphatic heterocycles. The Hall–Kier alpha value is -1.95. The molecule has 1 aromatic carbocycles. The molecule has 1 heterocycles. The van der Waals surface area contributed by atoms with Crippen LogP contribution in [0.3, 0.4) is 0 Å².